The highest BCUT2D eigenvalue weighted by Gasteiger charge is 2.30. The number of para-hydroxylation sites is 1. The first-order valence-electron chi connectivity index (χ1n) is 8.10. The van der Waals surface area contributed by atoms with E-state index in [0.717, 1.165) is 34.8 Å². The molecule has 142 valence electrons. The summed E-state index contributed by atoms with van der Waals surface area (Å²) in [5.74, 6) is -0.352. The minimum Gasteiger partial charge on any atom is -0.325 e. The van der Waals surface area contributed by atoms with E-state index in [4.69, 9.17) is 0 Å². The van der Waals surface area contributed by atoms with Gasteiger partial charge in [0.05, 0.1) is 16.8 Å². The van der Waals surface area contributed by atoms with Gasteiger partial charge in [-0.05, 0) is 36.4 Å². The Hall–Kier alpha value is -3.14. The van der Waals surface area contributed by atoms with Gasteiger partial charge in [-0.15, -0.1) is 5.10 Å². The molecule has 10 heteroatoms. The van der Waals surface area contributed by atoms with Gasteiger partial charge in [-0.1, -0.05) is 23.9 Å². The van der Waals surface area contributed by atoms with Gasteiger partial charge in [0, 0.05) is 11.1 Å². The molecular weight excluding hydrogens is 391 g/mol. The van der Waals surface area contributed by atoms with Gasteiger partial charge >= 0.3 is 6.18 Å². The number of fused-ring (bicyclic) bond motifs is 3. The van der Waals surface area contributed by atoms with Crippen LogP contribution in [0.4, 0.5) is 18.9 Å². The van der Waals surface area contributed by atoms with Gasteiger partial charge in [-0.25, -0.2) is 14.5 Å². The van der Waals surface area contributed by atoms with Crippen LogP contribution in [0.1, 0.15) is 5.56 Å². The summed E-state index contributed by atoms with van der Waals surface area (Å²) in [4.78, 5) is 20.8. The number of nitrogens with zero attached hydrogens (tertiary/aromatic N) is 4. The first-order chi connectivity index (χ1) is 13.4. The average molecular weight is 403 g/mol. The van der Waals surface area contributed by atoms with E-state index in [9.17, 15) is 18.0 Å². The maximum atomic E-state index is 12.6. The monoisotopic (exact) mass is 403 g/mol. The van der Waals surface area contributed by atoms with Crippen molar-refractivity contribution in [2.24, 2.45) is 0 Å². The van der Waals surface area contributed by atoms with Crippen molar-refractivity contribution in [2.75, 3.05) is 11.1 Å². The molecule has 0 aliphatic heterocycles. The smallest absolute Gasteiger partial charge is 0.325 e. The summed E-state index contributed by atoms with van der Waals surface area (Å²) in [6.07, 6.45) is -2.86. The molecule has 6 nitrogen and oxygen atoms in total. The van der Waals surface area contributed by atoms with Crippen LogP contribution in [0.2, 0.25) is 0 Å². The number of benzene rings is 2. The van der Waals surface area contributed by atoms with Gasteiger partial charge < -0.3 is 5.32 Å². The third-order valence-electron chi connectivity index (χ3n) is 3.89. The van der Waals surface area contributed by atoms with Crippen molar-refractivity contribution in [1.29, 1.82) is 0 Å². The van der Waals surface area contributed by atoms with Gasteiger partial charge in [-0.3, -0.25) is 4.79 Å². The Morgan fingerprint density at radius 3 is 2.61 bits per heavy atom. The molecule has 2 heterocycles. The molecule has 0 aliphatic rings. The molecule has 1 amide bonds. The molecule has 0 saturated heterocycles. The summed E-state index contributed by atoms with van der Waals surface area (Å²) in [5, 5.41) is 8.08. The Morgan fingerprint density at radius 1 is 1.11 bits per heavy atom. The molecule has 0 aliphatic carbocycles. The minimum atomic E-state index is -4.41. The van der Waals surface area contributed by atoms with Gasteiger partial charge in [-0.2, -0.15) is 13.2 Å². The first kappa shape index (κ1) is 18.2. The third kappa shape index (κ3) is 3.77. The third-order valence-corrected chi connectivity index (χ3v) is 4.73. The standard InChI is InChI=1S/C18H12F3N5OS/c19-18(20,21)11-5-7-12(8-6-11)23-15(27)9-28-17-24-16-13-3-1-2-4-14(13)22-10-26(16)25-17/h1-8,10H,9H2,(H,23,27). The topological polar surface area (TPSA) is 72.2 Å². The highest BCUT2D eigenvalue weighted by Crippen LogP contribution is 2.30. The fourth-order valence-corrected chi connectivity index (χ4v) is 3.22. The number of hydrogen-bond acceptors (Lipinski definition) is 5. The Balaban J connectivity index is 1.43. The van der Waals surface area contributed by atoms with E-state index in [1.54, 1.807) is 10.8 Å². The van der Waals surface area contributed by atoms with Gasteiger partial charge in [0.2, 0.25) is 11.1 Å². The van der Waals surface area contributed by atoms with Crippen molar-refractivity contribution < 1.29 is 18.0 Å². The van der Waals surface area contributed by atoms with Crippen molar-refractivity contribution >= 4 is 39.9 Å². The minimum absolute atomic E-state index is 0.0171. The number of hydrogen-bond donors (Lipinski definition) is 1. The van der Waals surface area contributed by atoms with Crippen LogP contribution in [0, 0.1) is 0 Å². The molecule has 0 unspecified atom stereocenters. The van der Waals surface area contributed by atoms with Crippen LogP contribution < -0.4 is 5.32 Å². The number of alkyl halides is 3. The highest BCUT2D eigenvalue weighted by atomic mass is 32.2. The fraction of sp³-hybridized carbons (Fsp3) is 0.111. The van der Waals surface area contributed by atoms with E-state index in [-0.39, 0.29) is 17.3 Å². The lowest BCUT2D eigenvalue weighted by atomic mass is 10.2. The molecule has 0 radical (unpaired) electrons. The molecule has 0 bridgehead atoms. The Morgan fingerprint density at radius 2 is 1.86 bits per heavy atom. The zero-order valence-electron chi connectivity index (χ0n) is 14.1. The van der Waals surface area contributed by atoms with Crippen LogP contribution in [0.5, 0.6) is 0 Å². The van der Waals surface area contributed by atoms with Crippen molar-refractivity contribution in [3.05, 3.63) is 60.4 Å². The lowest BCUT2D eigenvalue weighted by Crippen LogP contribution is -2.14. The maximum absolute atomic E-state index is 12.6. The zero-order chi connectivity index (χ0) is 19.7. The fourth-order valence-electron chi connectivity index (χ4n) is 2.59. The number of amides is 1. The number of anilines is 1. The number of rotatable bonds is 4. The van der Waals surface area contributed by atoms with Crippen LogP contribution >= 0.6 is 11.8 Å². The van der Waals surface area contributed by atoms with Crippen molar-refractivity contribution in [3.63, 3.8) is 0 Å². The van der Waals surface area contributed by atoms with Crippen molar-refractivity contribution in [3.8, 4) is 0 Å². The van der Waals surface area contributed by atoms with Gasteiger partial charge in [0.15, 0.2) is 5.65 Å². The van der Waals surface area contributed by atoms with Crippen molar-refractivity contribution in [2.45, 2.75) is 11.3 Å². The zero-order valence-corrected chi connectivity index (χ0v) is 15.0. The predicted molar refractivity (Wildman–Crippen MR) is 99.1 cm³/mol. The van der Waals surface area contributed by atoms with E-state index in [2.05, 4.69) is 20.4 Å². The van der Waals surface area contributed by atoms with Gasteiger partial charge in [0.25, 0.3) is 0 Å². The molecule has 1 N–H and O–H groups in total. The quantitative estimate of drug-likeness (QED) is 0.521. The molecule has 4 aromatic rings. The molecule has 0 fully saturated rings. The second kappa shape index (κ2) is 7.12. The number of halogens is 3. The van der Waals surface area contributed by atoms with E-state index < -0.39 is 11.7 Å². The van der Waals surface area contributed by atoms with E-state index >= 15 is 0 Å². The number of aromatic nitrogens is 4. The predicted octanol–water partition coefficient (Wildman–Crippen LogP) is 4.03. The maximum Gasteiger partial charge on any atom is 0.416 e. The Kier molecular flexibility index (Phi) is 4.63. The lowest BCUT2D eigenvalue weighted by molar-refractivity contribution is -0.137. The molecule has 0 atom stereocenters. The van der Waals surface area contributed by atoms with Crippen LogP contribution in [0.15, 0.2) is 60.0 Å². The normalized spacial score (nSPS) is 11.8. The summed E-state index contributed by atoms with van der Waals surface area (Å²) in [5.41, 5.74) is 0.946. The number of thioether (sulfide) groups is 1. The summed E-state index contributed by atoms with van der Waals surface area (Å²) in [6, 6.07) is 11.8. The first-order valence-corrected chi connectivity index (χ1v) is 9.09. The van der Waals surface area contributed by atoms with Crippen LogP contribution in [-0.2, 0) is 11.0 Å². The van der Waals surface area contributed by atoms with E-state index in [1.165, 1.54) is 12.1 Å². The molecule has 0 saturated carbocycles. The number of carbonyl (C=O) groups excluding carboxylic acids is 1. The largest absolute Gasteiger partial charge is 0.416 e. The molecule has 4 rings (SSSR count). The van der Waals surface area contributed by atoms with Crippen LogP contribution in [0.25, 0.3) is 16.6 Å². The van der Waals surface area contributed by atoms with Gasteiger partial charge in [0.1, 0.15) is 6.33 Å². The number of carbonyl (C=O) groups is 1. The van der Waals surface area contributed by atoms with Crippen molar-refractivity contribution in [1.82, 2.24) is 19.6 Å². The summed E-state index contributed by atoms with van der Waals surface area (Å²) in [7, 11) is 0. The lowest BCUT2D eigenvalue weighted by Gasteiger charge is -2.08. The summed E-state index contributed by atoms with van der Waals surface area (Å²) < 4.78 is 39.2. The summed E-state index contributed by atoms with van der Waals surface area (Å²) >= 11 is 1.13. The van der Waals surface area contributed by atoms with Crippen LogP contribution in [0.3, 0.4) is 0 Å². The second-order valence-corrected chi connectivity index (χ2v) is 6.78. The molecule has 2 aromatic heterocycles. The Labute approximate surface area is 160 Å². The Bertz CT molecular complexity index is 1160. The molecule has 2 aromatic carbocycles. The van der Waals surface area contributed by atoms with E-state index in [0.29, 0.717) is 10.8 Å². The molecule has 0 spiro atoms. The number of nitrogens with one attached hydrogen (secondary N) is 1. The molecule has 28 heavy (non-hydrogen) atoms. The second-order valence-electron chi connectivity index (χ2n) is 5.84. The van der Waals surface area contributed by atoms with Crippen LogP contribution in [-0.4, -0.2) is 31.2 Å². The SMILES string of the molecule is O=C(CSc1nc2c3ccccc3ncn2n1)Nc1ccc(C(F)(F)F)cc1. The van der Waals surface area contributed by atoms with E-state index in [1.807, 2.05) is 24.3 Å². The highest BCUT2D eigenvalue weighted by molar-refractivity contribution is 7.99. The average Bonchev–Trinajstić information content (AvgIpc) is 3.10. The summed E-state index contributed by atoms with van der Waals surface area (Å²) in [6.45, 7) is 0. The molecular formula is C18H12F3N5OS.